The number of carbonyl (C=O) groups is 1. The van der Waals surface area contributed by atoms with Gasteiger partial charge in [-0.3, -0.25) is 9.69 Å². The number of rotatable bonds is 8. The summed E-state index contributed by atoms with van der Waals surface area (Å²) < 4.78 is 28.7. The minimum absolute atomic E-state index is 0.0189. The molecule has 0 bridgehead atoms. The molecule has 34 heavy (non-hydrogen) atoms. The highest BCUT2D eigenvalue weighted by molar-refractivity contribution is 7.89. The molecule has 0 radical (unpaired) electrons. The van der Waals surface area contributed by atoms with Crippen LogP contribution in [0, 0.1) is 0 Å². The normalized spacial score (nSPS) is 15.7. The summed E-state index contributed by atoms with van der Waals surface area (Å²) in [4.78, 5) is 17.5. The summed E-state index contributed by atoms with van der Waals surface area (Å²) in [6, 6.07) is 24.7. The molecular weight excluding hydrogens is 470 g/mol. The third-order valence-corrected chi connectivity index (χ3v) is 7.68. The summed E-state index contributed by atoms with van der Waals surface area (Å²) >= 11 is 6.17. The van der Waals surface area contributed by atoms with E-state index in [1.807, 2.05) is 23.1 Å². The first-order chi connectivity index (χ1) is 16.4. The number of nitrogens with zero attached hydrogens (tertiary/aromatic N) is 2. The van der Waals surface area contributed by atoms with Crippen LogP contribution in [0.1, 0.15) is 23.6 Å². The molecule has 1 heterocycles. The van der Waals surface area contributed by atoms with Crippen molar-refractivity contribution in [2.24, 2.45) is 0 Å². The third kappa shape index (κ3) is 6.45. The number of benzene rings is 3. The summed E-state index contributed by atoms with van der Waals surface area (Å²) in [6.45, 7) is 3.63. The maximum atomic E-state index is 13.2. The van der Waals surface area contributed by atoms with Crippen LogP contribution >= 0.6 is 11.6 Å². The van der Waals surface area contributed by atoms with Crippen molar-refractivity contribution in [3.05, 3.63) is 101 Å². The fourth-order valence-electron chi connectivity index (χ4n) is 4.11. The van der Waals surface area contributed by atoms with Gasteiger partial charge in [-0.05, 0) is 35.4 Å². The van der Waals surface area contributed by atoms with Crippen LogP contribution in [-0.2, 0) is 21.4 Å². The van der Waals surface area contributed by atoms with Crippen LogP contribution in [0.4, 0.5) is 0 Å². The van der Waals surface area contributed by atoms with E-state index >= 15 is 0 Å². The Morgan fingerprint density at radius 1 is 0.882 bits per heavy atom. The van der Waals surface area contributed by atoms with Crippen molar-refractivity contribution in [2.45, 2.75) is 23.9 Å². The summed E-state index contributed by atoms with van der Waals surface area (Å²) in [7, 11) is -3.81. The van der Waals surface area contributed by atoms with Crippen LogP contribution in [0.3, 0.4) is 0 Å². The van der Waals surface area contributed by atoms with Crippen LogP contribution in [-0.4, -0.2) is 50.3 Å². The zero-order valence-corrected chi connectivity index (χ0v) is 20.4. The average molecular weight is 498 g/mol. The molecule has 1 aliphatic rings. The molecule has 1 N–H and O–H groups in total. The molecule has 0 aliphatic carbocycles. The van der Waals surface area contributed by atoms with Crippen molar-refractivity contribution >= 4 is 27.5 Å². The molecule has 1 amide bonds. The average Bonchev–Trinajstić information content (AvgIpc) is 2.85. The second-order valence-corrected chi connectivity index (χ2v) is 10.5. The number of hydrogen-bond acceptors (Lipinski definition) is 4. The Morgan fingerprint density at radius 2 is 1.53 bits per heavy atom. The Morgan fingerprint density at radius 3 is 2.18 bits per heavy atom. The number of piperazine rings is 1. The molecule has 1 fully saturated rings. The molecule has 1 unspecified atom stereocenters. The lowest BCUT2D eigenvalue weighted by Crippen LogP contribution is -2.49. The zero-order chi connectivity index (χ0) is 24.0. The zero-order valence-electron chi connectivity index (χ0n) is 18.8. The minimum atomic E-state index is -3.81. The highest BCUT2D eigenvalue weighted by Crippen LogP contribution is 2.24. The standard InChI is InChI=1S/C26H28ClN3O3S/c27-23-11-7-10-22(18-23)25(28-34(32,33)24-12-5-2-6-13-24)19-26(31)30-16-14-29(15-17-30)20-21-8-3-1-4-9-21/h1-13,18,25,28H,14-17,19-20H2. The van der Waals surface area contributed by atoms with Gasteiger partial charge in [0.1, 0.15) is 0 Å². The number of sulfonamides is 1. The van der Waals surface area contributed by atoms with Gasteiger partial charge in [-0.1, -0.05) is 72.3 Å². The van der Waals surface area contributed by atoms with Gasteiger partial charge in [0.2, 0.25) is 15.9 Å². The highest BCUT2D eigenvalue weighted by atomic mass is 35.5. The van der Waals surface area contributed by atoms with Crippen LogP contribution in [0.25, 0.3) is 0 Å². The fourth-order valence-corrected chi connectivity index (χ4v) is 5.55. The summed E-state index contributed by atoms with van der Waals surface area (Å²) in [5.74, 6) is -0.0832. The first-order valence-electron chi connectivity index (χ1n) is 11.3. The maximum Gasteiger partial charge on any atom is 0.241 e. The van der Waals surface area contributed by atoms with Gasteiger partial charge in [0.25, 0.3) is 0 Å². The predicted octanol–water partition coefficient (Wildman–Crippen LogP) is 4.09. The molecule has 1 saturated heterocycles. The summed E-state index contributed by atoms with van der Waals surface area (Å²) in [5.41, 5.74) is 1.90. The minimum Gasteiger partial charge on any atom is -0.340 e. The Bertz CT molecular complexity index is 1200. The van der Waals surface area contributed by atoms with Crippen molar-refractivity contribution in [1.29, 1.82) is 0 Å². The van der Waals surface area contributed by atoms with E-state index in [4.69, 9.17) is 11.6 Å². The van der Waals surface area contributed by atoms with E-state index < -0.39 is 16.1 Å². The molecule has 4 rings (SSSR count). The van der Waals surface area contributed by atoms with Crippen molar-refractivity contribution in [2.75, 3.05) is 26.2 Å². The molecule has 0 aromatic heterocycles. The van der Waals surface area contributed by atoms with Gasteiger partial charge in [-0.25, -0.2) is 13.1 Å². The van der Waals surface area contributed by atoms with E-state index in [0.717, 1.165) is 19.6 Å². The van der Waals surface area contributed by atoms with Gasteiger partial charge < -0.3 is 4.90 Å². The Balaban J connectivity index is 1.43. The molecule has 3 aromatic carbocycles. The van der Waals surface area contributed by atoms with E-state index in [-0.39, 0.29) is 17.2 Å². The number of hydrogen-bond donors (Lipinski definition) is 1. The van der Waals surface area contributed by atoms with E-state index in [9.17, 15) is 13.2 Å². The molecule has 178 valence electrons. The van der Waals surface area contributed by atoms with Gasteiger partial charge in [-0.15, -0.1) is 0 Å². The Kier molecular flexibility index (Phi) is 8.00. The quantitative estimate of drug-likeness (QED) is 0.509. The lowest BCUT2D eigenvalue weighted by molar-refractivity contribution is -0.133. The molecule has 0 spiro atoms. The molecule has 1 aliphatic heterocycles. The SMILES string of the molecule is O=C(CC(NS(=O)(=O)c1ccccc1)c1cccc(Cl)c1)N1CCN(Cc2ccccc2)CC1. The molecule has 0 saturated carbocycles. The topological polar surface area (TPSA) is 69.7 Å². The largest absolute Gasteiger partial charge is 0.340 e. The van der Waals surface area contributed by atoms with Gasteiger partial charge >= 0.3 is 0 Å². The van der Waals surface area contributed by atoms with Crippen LogP contribution < -0.4 is 4.72 Å². The summed E-state index contributed by atoms with van der Waals surface area (Å²) in [5, 5.41) is 0.489. The van der Waals surface area contributed by atoms with Crippen LogP contribution in [0.5, 0.6) is 0 Å². The number of halogens is 1. The van der Waals surface area contributed by atoms with Crippen molar-refractivity contribution < 1.29 is 13.2 Å². The fraction of sp³-hybridized carbons (Fsp3) is 0.269. The van der Waals surface area contributed by atoms with Gasteiger partial charge in [0, 0.05) is 44.2 Å². The lowest BCUT2D eigenvalue weighted by atomic mass is 10.0. The molecular formula is C26H28ClN3O3S. The molecule has 1 atom stereocenters. The van der Waals surface area contributed by atoms with Crippen LogP contribution in [0.2, 0.25) is 5.02 Å². The predicted molar refractivity (Wildman–Crippen MR) is 134 cm³/mol. The summed E-state index contributed by atoms with van der Waals surface area (Å²) in [6.07, 6.45) is 0.0189. The monoisotopic (exact) mass is 497 g/mol. The van der Waals surface area contributed by atoms with Gasteiger partial charge in [-0.2, -0.15) is 0 Å². The second kappa shape index (κ2) is 11.1. The number of nitrogens with one attached hydrogen (secondary N) is 1. The maximum absolute atomic E-state index is 13.2. The Hall–Kier alpha value is -2.71. The Labute approximate surface area is 206 Å². The van der Waals surface area contributed by atoms with Crippen molar-refractivity contribution in [3.8, 4) is 0 Å². The van der Waals surface area contributed by atoms with E-state index in [1.54, 1.807) is 42.5 Å². The smallest absolute Gasteiger partial charge is 0.241 e. The number of amides is 1. The van der Waals surface area contributed by atoms with E-state index in [1.165, 1.54) is 17.7 Å². The van der Waals surface area contributed by atoms with E-state index in [2.05, 4.69) is 21.8 Å². The molecule has 8 heteroatoms. The lowest BCUT2D eigenvalue weighted by Gasteiger charge is -2.35. The van der Waals surface area contributed by atoms with E-state index in [0.29, 0.717) is 23.7 Å². The van der Waals surface area contributed by atoms with Crippen molar-refractivity contribution in [3.63, 3.8) is 0 Å². The first-order valence-corrected chi connectivity index (χ1v) is 13.1. The van der Waals surface area contributed by atoms with Gasteiger partial charge in [0.05, 0.1) is 10.9 Å². The second-order valence-electron chi connectivity index (χ2n) is 8.39. The number of carbonyl (C=O) groups excluding carboxylic acids is 1. The highest BCUT2D eigenvalue weighted by Gasteiger charge is 2.28. The molecule has 3 aromatic rings. The first kappa shape index (κ1) is 24.4. The third-order valence-electron chi connectivity index (χ3n) is 5.95. The molecule has 6 nitrogen and oxygen atoms in total. The van der Waals surface area contributed by atoms with Gasteiger partial charge in [0.15, 0.2) is 0 Å². The van der Waals surface area contributed by atoms with Crippen LogP contribution in [0.15, 0.2) is 89.8 Å². The van der Waals surface area contributed by atoms with Crippen molar-refractivity contribution in [1.82, 2.24) is 14.5 Å².